The molecule has 0 saturated carbocycles. The molecule has 0 heterocycles. The normalized spacial score (nSPS) is 11.7. The molecule has 1 unspecified atom stereocenters. The molecule has 0 aliphatic rings. The first-order valence-electron chi connectivity index (χ1n) is 5.92. The summed E-state index contributed by atoms with van der Waals surface area (Å²) in [7, 11) is 1.48. The summed E-state index contributed by atoms with van der Waals surface area (Å²) in [6.45, 7) is 2.00. The molecule has 0 fully saturated rings. The van der Waals surface area contributed by atoms with Gasteiger partial charge in [-0.15, -0.1) is 0 Å². The van der Waals surface area contributed by atoms with Gasteiger partial charge in [-0.25, -0.2) is 0 Å². The summed E-state index contributed by atoms with van der Waals surface area (Å²) in [6, 6.07) is 4.06. The smallest absolute Gasteiger partial charge is 0.292 e. The van der Waals surface area contributed by atoms with Gasteiger partial charge in [-0.1, -0.05) is 6.92 Å². The summed E-state index contributed by atoms with van der Waals surface area (Å²) in [6.07, 6.45) is -0.0566. The Kier molecular flexibility index (Phi) is 5.25. The summed E-state index contributed by atoms with van der Waals surface area (Å²) in [5, 5.41) is 25.6. The second kappa shape index (κ2) is 6.69. The van der Waals surface area contributed by atoms with Crippen LogP contribution in [0, 0.1) is 10.1 Å². The van der Waals surface area contributed by atoms with E-state index in [4.69, 9.17) is 0 Å². The summed E-state index contributed by atoms with van der Waals surface area (Å²) in [5.41, 5.74) is 0.413. The lowest BCUT2D eigenvalue weighted by atomic mass is 10.1. The number of nitrogens with one attached hydrogen (secondary N) is 2. The van der Waals surface area contributed by atoms with E-state index in [1.54, 1.807) is 0 Å². The molecule has 0 spiro atoms. The van der Waals surface area contributed by atoms with Crippen molar-refractivity contribution in [2.45, 2.75) is 19.4 Å². The summed E-state index contributed by atoms with van der Waals surface area (Å²) in [4.78, 5) is 21.8. The minimum atomic E-state index is -0.594. The predicted octanol–water partition coefficient (Wildman–Crippen LogP) is 1.14. The van der Waals surface area contributed by atoms with E-state index in [0.29, 0.717) is 12.0 Å². The van der Waals surface area contributed by atoms with Crippen molar-refractivity contribution in [1.82, 2.24) is 5.32 Å². The van der Waals surface area contributed by atoms with Crippen molar-refractivity contribution in [3.63, 3.8) is 0 Å². The second-order valence-corrected chi connectivity index (χ2v) is 4.01. The highest BCUT2D eigenvalue weighted by Crippen LogP contribution is 2.25. The fraction of sp³-hybridized carbons (Fsp3) is 0.417. The Morgan fingerprint density at radius 2 is 2.21 bits per heavy atom. The van der Waals surface area contributed by atoms with Gasteiger partial charge in [0.25, 0.3) is 11.6 Å². The maximum Gasteiger partial charge on any atom is 0.292 e. The SMILES string of the molecule is CCC(O)CNc1cc(C(=O)NC)ccc1[N+](=O)[O-]. The molecule has 0 bridgehead atoms. The number of nitro groups is 1. The van der Waals surface area contributed by atoms with Crippen molar-refractivity contribution in [2.75, 3.05) is 18.9 Å². The Bertz CT molecular complexity index is 476. The van der Waals surface area contributed by atoms with Crippen molar-refractivity contribution in [1.29, 1.82) is 0 Å². The molecule has 0 aliphatic carbocycles. The molecule has 1 amide bonds. The van der Waals surface area contributed by atoms with Crippen LogP contribution in [0.2, 0.25) is 0 Å². The number of nitro benzene ring substituents is 1. The van der Waals surface area contributed by atoms with Crippen molar-refractivity contribution >= 4 is 17.3 Å². The number of hydrogen-bond donors (Lipinski definition) is 3. The Labute approximate surface area is 110 Å². The van der Waals surface area contributed by atoms with Crippen LogP contribution in [0.15, 0.2) is 18.2 Å². The minimum absolute atomic E-state index is 0.129. The lowest BCUT2D eigenvalue weighted by Gasteiger charge is -2.11. The number of rotatable bonds is 6. The molecule has 3 N–H and O–H groups in total. The average molecular weight is 267 g/mol. The van der Waals surface area contributed by atoms with Gasteiger partial charge in [0.05, 0.1) is 11.0 Å². The highest BCUT2D eigenvalue weighted by Gasteiger charge is 2.16. The van der Waals surface area contributed by atoms with Crippen LogP contribution in [0.1, 0.15) is 23.7 Å². The number of nitrogens with zero attached hydrogens (tertiary/aromatic N) is 1. The lowest BCUT2D eigenvalue weighted by Crippen LogP contribution is -2.20. The Balaban J connectivity index is 3.01. The van der Waals surface area contributed by atoms with Crippen molar-refractivity contribution < 1.29 is 14.8 Å². The third kappa shape index (κ3) is 3.92. The first-order chi connectivity index (χ1) is 8.99. The Morgan fingerprint density at radius 1 is 1.53 bits per heavy atom. The van der Waals surface area contributed by atoms with Gasteiger partial charge in [-0.3, -0.25) is 14.9 Å². The zero-order chi connectivity index (χ0) is 14.4. The molecule has 1 rings (SSSR count). The highest BCUT2D eigenvalue weighted by molar-refractivity contribution is 5.95. The van der Waals surface area contributed by atoms with Crippen molar-refractivity contribution in [2.24, 2.45) is 0 Å². The number of carbonyl (C=O) groups excluding carboxylic acids is 1. The number of amides is 1. The highest BCUT2D eigenvalue weighted by atomic mass is 16.6. The van der Waals surface area contributed by atoms with Gasteiger partial charge in [0.15, 0.2) is 0 Å². The van der Waals surface area contributed by atoms with Crippen LogP contribution in [0.25, 0.3) is 0 Å². The van der Waals surface area contributed by atoms with Gasteiger partial charge in [0.2, 0.25) is 0 Å². The second-order valence-electron chi connectivity index (χ2n) is 4.01. The Morgan fingerprint density at radius 3 is 2.74 bits per heavy atom. The fourth-order valence-electron chi connectivity index (χ4n) is 1.49. The molecule has 1 atom stereocenters. The number of carbonyl (C=O) groups is 1. The van der Waals surface area contributed by atoms with Crippen LogP contribution in [0.4, 0.5) is 11.4 Å². The fourth-order valence-corrected chi connectivity index (χ4v) is 1.49. The van der Waals surface area contributed by atoms with Crippen LogP contribution >= 0.6 is 0 Å². The topological polar surface area (TPSA) is 104 Å². The van der Waals surface area contributed by atoms with E-state index in [9.17, 15) is 20.0 Å². The molecule has 7 nitrogen and oxygen atoms in total. The van der Waals surface area contributed by atoms with Crippen LogP contribution < -0.4 is 10.6 Å². The number of benzene rings is 1. The first-order valence-corrected chi connectivity index (χ1v) is 5.92. The third-order valence-corrected chi connectivity index (χ3v) is 2.68. The van der Waals surface area contributed by atoms with Gasteiger partial charge in [-0.2, -0.15) is 0 Å². The van der Waals surface area contributed by atoms with Crippen LogP contribution in [0.3, 0.4) is 0 Å². The molecule has 0 saturated heterocycles. The lowest BCUT2D eigenvalue weighted by molar-refractivity contribution is -0.384. The minimum Gasteiger partial charge on any atom is -0.391 e. The molecule has 1 aromatic carbocycles. The summed E-state index contributed by atoms with van der Waals surface area (Å²) < 4.78 is 0. The van der Waals surface area contributed by atoms with Gasteiger partial charge >= 0.3 is 0 Å². The van der Waals surface area contributed by atoms with E-state index in [-0.39, 0.29) is 23.8 Å². The molecule has 1 aromatic rings. The average Bonchev–Trinajstić information content (AvgIpc) is 2.43. The summed E-state index contributed by atoms with van der Waals surface area (Å²) >= 11 is 0. The molecule has 19 heavy (non-hydrogen) atoms. The van der Waals surface area contributed by atoms with E-state index in [1.165, 1.54) is 25.2 Å². The maximum absolute atomic E-state index is 11.5. The predicted molar refractivity (Wildman–Crippen MR) is 71.3 cm³/mol. The quantitative estimate of drug-likeness (QED) is 0.529. The number of aliphatic hydroxyl groups excluding tert-OH is 1. The van der Waals surface area contributed by atoms with E-state index < -0.39 is 11.0 Å². The maximum atomic E-state index is 11.5. The molecule has 7 heteroatoms. The van der Waals surface area contributed by atoms with Crippen LogP contribution in [-0.2, 0) is 0 Å². The standard InChI is InChI=1S/C12H17N3O4/c1-3-9(16)7-14-10-6-8(12(17)13-2)4-5-11(10)15(18)19/h4-6,9,14,16H,3,7H2,1-2H3,(H,13,17). The molecule has 0 aliphatic heterocycles. The van der Waals surface area contributed by atoms with Crippen LogP contribution in [-0.4, -0.2) is 35.6 Å². The third-order valence-electron chi connectivity index (χ3n) is 2.68. The molecular weight excluding hydrogens is 250 g/mol. The van der Waals surface area contributed by atoms with E-state index >= 15 is 0 Å². The van der Waals surface area contributed by atoms with Crippen molar-refractivity contribution in [3.05, 3.63) is 33.9 Å². The number of hydrogen-bond acceptors (Lipinski definition) is 5. The van der Waals surface area contributed by atoms with Crippen molar-refractivity contribution in [3.8, 4) is 0 Å². The Hall–Kier alpha value is -2.15. The van der Waals surface area contributed by atoms with E-state index in [2.05, 4.69) is 10.6 Å². The first kappa shape index (κ1) is 14.9. The van der Waals surface area contributed by atoms with Gasteiger partial charge in [-0.05, 0) is 18.6 Å². The molecule has 0 radical (unpaired) electrons. The zero-order valence-corrected chi connectivity index (χ0v) is 10.8. The molecule has 0 aromatic heterocycles. The monoisotopic (exact) mass is 267 g/mol. The van der Waals surface area contributed by atoms with Crippen LogP contribution in [0.5, 0.6) is 0 Å². The largest absolute Gasteiger partial charge is 0.391 e. The van der Waals surface area contributed by atoms with E-state index in [1.807, 2.05) is 6.92 Å². The van der Waals surface area contributed by atoms with Gasteiger partial charge in [0, 0.05) is 25.2 Å². The van der Waals surface area contributed by atoms with Gasteiger partial charge in [0.1, 0.15) is 5.69 Å². The number of anilines is 1. The molecular formula is C12H17N3O4. The van der Waals surface area contributed by atoms with E-state index in [0.717, 1.165) is 0 Å². The summed E-state index contributed by atoms with van der Waals surface area (Å²) in [5.74, 6) is -0.325. The number of aliphatic hydroxyl groups is 1. The molecule has 104 valence electrons. The van der Waals surface area contributed by atoms with Gasteiger partial charge < -0.3 is 15.7 Å². The zero-order valence-electron chi connectivity index (χ0n) is 10.8.